The van der Waals surface area contributed by atoms with Gasteiger partial charge in [-0.3, -0.25) is 4.79 Å². The summed E-state index contributed by atoms with van der Waals surface area (Å²) in [6.45, 7) is 2.20. The molecule has 0 aromatic heterocycles. The van der Waals surface area contributed by atoms with Gasteiger partial charge in [0.15, 0.2) is 15.9 Å². The number of rotatable bonds is 5. The molecule has 0 spiro atoms. The number of nitrogens with zero attached hydrogens (tertiary/aromatic N) is 1. The minimum Gasteiger partial charge on any atom is -0.479 e. The second-order valence-corrected chi connectivity index (χ2v) is 7.53. The predicted molar refractivity (Wildman–Crippen MR) is 81.8 cm³/mol. The molecule has 7 nitrogen and oxygen atoms in total. The van der Waals surface area contributed by atoms with E-state index in [1.807, 2.05) is 6.92 Å². The zero-order valence-electron chi connectivity index (χ0n) is 12.8. The Morgan fingerprint density at radius 1 is 1.30 bits per heavy atom. The molecule has 1 aromatic rings. The Morgan fingerprint density at radius 3 is 2.57 bits per heavy atom. The van der Waals surface area contributed by atoms with Gasteiger partial charge >= 0.3 is 5.97 Å². The number of carboxylic acid groups (broad SMARTS) is 1. The summed E-state index contributed by atoms with van der Waals surface area (Å²) in [4.78, 5) is 24.5. The van der Waals surface area contributed by atoms with Crippen molar-refractivity contribution in [3.8, 4) is 0 Å². The smallest absolute Gasteiger partial charge is 0.334 e. The van der Waals surface area contributed by atoms with Crippen molar-refractivity contribution >= 4 is 21.7 Å². The number of sulfone groups is 1. The first-order chi connectivity index (χ1) is 10.8. The van der Waals surface area contributed by atoms with Crippen LogP contribution in [-0.4, -0.2) is 61.9 Å². The fourth-order valence-corrected chi connectivity index (χ4v) is 3.50. The number of carboxylic acids is 1. The van der Waals surface area contributed by atoms with E-state index in [4.69, 9.17) is 9.84 Å². The number of ether oxygens (including phenoxy) is 1. The number of aryl methyl sites for hydroxylation is 1. The van der Waals surface area contributed by atoms with E-state index in [-0.39, 0.29) is 42.7 Å². The molecule has 1 aliphatic rings. The Morgan fingerprint density at radius 2 is 1.96 bits per heavy atom. The summed E-state index contributed by atoms with van der Waals surface area (Å²) in [7, 11) is -3.54. The molecule has 8 heteroatoms. The van der Waals surface area contributed by atoms with Crippen molar-refractivity contribution in [3.63, 3.8) is 0 Å². The molecule has 0 aliphatic carbocycles. The molecule has 1 fully saturated rings. The SMILES string of the molecule is Cc1ccc(S(=O)(=O)CCC(=O)N2CCOC(C(=O)O)C2)cc1. The first-order valence-electron chi connectivity index (χ1n) is 7.21. The maximum Gasteiger partial charge on any atom is 0.334 e. The van der Waals surface area contributed by atoms with Crippen LogP contribution >= 0.6 is 0 Å². The second-order valence-electron chi connectivity index (χ2n) is 5.42. The highest BCUT2D eigenvalue weighted by Gasteiger charge is 2.29. The van der Waals surface area contributed by atoms with E-state index in [0.29, 0.717) is 0 Å². The molecule has 0 saturated carbocycles. The summed E-state index contributed by atoms with van der Waals surface area (Å²) in [6, 6.07) is 6.44. The van der Waals surface area contributed by atoms with Gasteiger partial charge in [-0.15, -0.1) is 0 Å². The van der Waals surface area contributed by atoms with Gasteiger partial charge in [-0.1, -0.05) is 17.7 Å². The zero-order chi connectivity index (χ0) is 17.0. The van der Waals surface area contributed by atoms with Crippen LogP contribution in [0.5, 0.6) is 0 Å². The summed E-state index contributed by atoms with van der Waals surface area (Å²) in [5, 5.41) is 8.91. The summed E-state index contributed by atoms with van der Waals surface area (Å²) >= 11 is 0. The molecule has 0 radical (unpaired) electrons. The van der Waals surface area contributed by atoms with Crippen LogP contribution in [0.1, 0.15) is 12.0 Å². The number of hydrogen-bond donors (Lipinski definition) is 1. The van der Waals surface area contributed by atoms with Gasteiger partial charge in [0.05, 0.1) is 23.8 Å². The van der Waals surface area contributed by atoms with Crippen molar-refractivity contribution in [3.05, 3.63) is 29.8 Å². The predicted octanol–water partition coefficient (Wildman–Crippen LogP) is 0.471. The molecule has 2 rings (SSSR count). The average molecular weight is 341 g/mol. The fraction of sp³-hybridized carbons (Fsp3) is 0.467. The Kier molecular flexibility index (Phi) is 5.38. The van der Waals surface area contributed by atoms with E-state index < -0.39 is 21.9 Å². The molecule has 1 atom stereocenters. The van der Waals surface area contributed by atoms with Crippen LogP contribution in [0.3, 0.4) is 0 Å². The summed E-state index contributed by atoms with van der Waals surface area (Å²) in [6.07, 6.45) is -1.23. The third kappa shape index (κ3) is 4.52. The van der Waals surface area contributed by atoms with Gasteiger partial charge < -0.3 is 14.7 Å². The number of carbonyl (C=O) groups is 2. The van der Waals surface area contributed by atoms with Crippen molar-refractivity contribution in [2.75, 3.05) is 25.4 Å². The molecule has 0 bridgehead atoms. The number of morpholine rings is 1. The Bertz CT molecular complexity index is 682. The third-order valence-corrected chi connectivity index (χ3v) is 5.39. The molecule has 23 heavy (non-hydrogen) atoms. The first-order valence-corrected chi connectivity index (χ1v) is 8.86. The van der Waals surface area contributed by atoms with Gasteiger partial charge in [0.25, 0.3) is 0 Å². The van der Waals surface area contributed by atoms with Crippen LogP contribution < -0.4 is 0 Å². The standard InChI is InChI=1S/C15H19NO6S/c1-11-2-4-12(5-3-11)23(20,21)9-6-14(17)16-7-8-22-13(10-16)15(18)19/h2-5,13H,6-10H2,1H3,(H,18,19). The molecule has 1 saturated heterocycles. The minimum absolute atomic E-state index is 0.0568. The molecule has 1 heterocycles. The summed E-state index contributed by atoms with van der Waals surface area (Å²) < 4.78 is 29.5. The van der Waals surface area contributed by atoms with Gasteiger partial charge in [0, 0.05) is 13.0 Å². The largest absolute Gasteiger partial charge is 0.479 e. The molecular formula is C15H19NO6S. The van der Waals surface area contributed by atoms with E-state index >= 15 is 0 Å². The number of carbonyl (C=O) groups excluding carboxylic acids is 1. The highest BCUT2D eigenvalue weighted by atomic mass is 32.2. The zero-order valence-corrected chi connectivity index (χ0v) is 13.6. The average Bonchev–Trinajstić information content (AvgIpc) is 2.53. The van der Waals surface area contributed by atoms with Crippen LogP contribution in [0.15, 0.2) is 29.2 Å². The highest BCUT2D eigenvalue weighted by Crippen LogP contribution is 2.14. The van der Waals surface area contributed by atoms with E-state index in [9.17, 15) is 18.0 Å². The Balaban J connectivity index is 1.95. The topological polar surface area (TPSA) is 101 Å². The van der Waals surface area contributed by atoms with E-state index in [1.165, 1.54) is 17.0 Å². The lowest BCUT2D eigenvalue weighted by atomic mass is 10.2. The first kappa shape index (κ1) is 17.4. The molecule has 1 N–H and O–H groups in total. The van der Waals surface area contributed by atoms with Crippen LogP contribution in [0, 0.1) is 6.92 Å². The second kappa shape index (κ2) is 7.10. The van der Waals surface area contributed by atoms with Crippen LogP contribution in [-0.2, 0) is 24.2 Å². The molecule has 126 valence electrons. The van der Waals surface area contributed by atoms with Gasteiger partial charge in [-0.05, 0) is 19.1 Å². The van der Waals surface area contributed by atoms with Crippen LogP contribution in [0.2, 0.25) is 0 Å². The van der Waals surface area contributed by atoms with Crippen LogP contribution in [0.25, 0.3) is 0 Å². The van der Waals surface area contributed by atoms with Crippen molar-refractivity contribution in [2.45, 2.75) is 24.3 Å². The lowest BCUT2D eigenvalue weighted by Crippen LogP contribution is -2.48. The van der Waals surface area contributed by atoms with E-state index in [1.54, 1.807) is 12.1 Å². The van der Waals surface area contributed by atoms with Crippen LogP contribution in [0.4, 0.5) is 0 Å². The lowest BCUT2D eigenvalue weighted by Gasteiger charge is -2.30. The summed E-state index contributed by atoms with van der Waals surface area (Å²) in [5.41, 5.74) is 0.952. The Labute approximate surface area is 134 Å². The minimum atomic E-state index is -3.54. The molecule has 1 amide bonds. The van der Waals surface area contributed by atoms with E-state index in [2.05, 4.69) is 0 Å². The molecule has 1 unspecified atom stereocenters. The molecular weight excluding hydrogens is 322 g/mol. The number of benzene rings is 1. The van der Waals surface area contributed by atoms with Crippen molar-refractivity contribution in [1.82, 2.24) is 4.90 Å². The van der Waals surface area contributed by atoms with Crippen molar-refractivity contribution < 1.29 is 27.9 Å². The maximum absolute atomic E-state index is 12.2. The fourth-order valence-electron chi connectivity index (χ4n) is 2.27. The monoisotopic (exact) mass is 341 g/mol. The molecule has 1 aliphatic heterocycles. The van der Waals surface area contributed by atoms with E-state index in [0.717, 1.165) is 5.56 Å². The third-order valence-electron chi connectivity index (χ3n) is 3.66. The normalized spacial score (nSPS) is 18.7. The van der Waals surface area contributed by atoms with Gasteiger partial charge in [0.2, 0.25) is 5.91 Å². The van der Waals surface area contributed by atoms with Gasteiger partial charge in [-0.25, -0.2) is 13.2 Å². The maximum atomic E-state index is 12.2. The van der Waals surface area contributed by atoms with Gasteiger partial charge in [0.1, 0.15) is 0 Å². The van der Waals surface area contributed by atoms with Crippen molar-refractivity contribution in [1.29, 1.82) is 0 Å². The summed E-state index contributed by atoms with van der Waals surface area (Å²) in [5.74, 6) is -1.81. The van der Waals surface area contributed by atoms with Crippen molar-refractivity contribution in [2.24, 2.45) is 0 Å². The quantitative estimate of drug-likeness (QED) is 0.835. The lowest BCUT2D eigenvalue weighted by molar-refractivity contribution is -0.159. The number of amides is 1. The number of aliphatic carboxylic acids is 1. The highest BCUT2D eigenvalue weighted by molar-refractivity contribution is 7.91. The van der Waals surface area contributed by atoms with Gasteiger partial charge in [-0.2, -0.15) is 0 Å². The number of hydrogen-bond acceptors (Lipinski definition) is 5. The Hall–Kier alpha value is -1.93. The molecule has 1 aromatic carbocycles.